The molecule has 0 unspecified atom stereocenters. The topological polar surface area (TPSA) is 25.8 Å². The van der Waals surface area contributed by atoms with E-state index in [1.54, 1.807) is 0 Å². The predicted molar refractivity (Wildman–Crippen MR) is 229 cm³/mol. The highest BCUT2D eigenvalue weighted by Gasteiger charge is 2.15. The van der Waals surface area contributed by atoms with Crippen molar-refractivity contribution in [3.8, 4) is 44.8 Å². The van der Waals surface area contributed by atoms with Crippen molar-refractivity contribution in [3.05, 3.63) is 194 Å². The second kappa shape index (κ2) is 12.2. The van der Waals surface area contributed by atoms with Crippen molar-refractivity contribution in [1.82, 2.24) is 9.97 Å². The van der Waals surface area contributed by atoms with Gasteiger partial charge in [-0.1, -0.05) is 146 Å². The van der Waals surface area contributed by atoms with Crippen LogP contribution in [-0.2, 0) is 0 Å². The van der Waals surface area contributed by atoms with Gasteiger partial charge in [-0.15, -0.1) is 0 Å². The summed E-state index contributed by atoms with van der Waals surface area (Å²) in [7, 11) is 0. The molecule has 0 aliphatic rings. The third-order valence-corrected chi connectivity index (χ3v) is 10.9. The number of aromatic nitrogens is 2. The molecule has 0 saturated carbocycles. The molecule has 0 atom stereocenters. The Morgan fingerprint density at radius 1 is 0.241 bits per heavy atom. The summed E-state index contributed by atoms with van der Waals surface area (Å²) in [5.41, 5.74) is 10.9. The Kier molecular flexibility index (Phi) is 6.90. The van der Waals surface area contributed by atoms with E-state index in [9.17, 15) is 0 Å². The van der Waals surface area contributed by atoms with E-state index < -0.39 is 0 Å². The van der Waals surface area contributed by atoms with Gasteiger partial charge >= 0.3 is 0 Å². The third kappa shape index (κ3) is 5.03. The van der Waals surface area contributed by atoms with Crippen LogP contribution >= 0.6 is 0 Å². The summed E-state index contributed by atoms with van der Waals surface area (Å²) in [6.45, 7) is 0. The Hall–Kier alpha value is -7.16. The van der Waals surface area contributed by atoms with Crippen LogP contribution in [0.5, 0.6) is 0 Å². The number of hydrogen-bond donors (Lipinski definition) is 0. The van der Waals surface area contributed by atoms with E-state index in [4.69, 9.17) is 9.97 Å². The standard InChI is InChI=1S/C52H32N2/c1-3-11-33(12-4-1)49-45-17-9-7-15-37(45)28-41-23-25-47(53-51(41)49)39-21-19-35-27-36-20-22-40(31-44(36)32-43(35)30-39)48-26-24-42-29-38-16-8-10-18-46(38)50(52(42)54-48)34-13-5-2-6-14-34/h1-32H. The summed E-state index contributed by atoms with van der Waals surface area (Å²) in [5, 5.41) is 11.9. The minimum Gasteiger partial charge on any atom is -0.247 e. The van der Waals surface area contributed by atoms with Crippen molar-refractivity contribution in [2.24, 2.45) is 0 Å². The normalized spacial score (nSPS) is 11.7. The van der Waals surface area contributed by atoms with Gasteiger partial charge in [0, 0.05) is 33.0 Å². The highest BCUT2D eigenvalue weighted by atomic mass is 14.7. The summed E-state index contributed by atoms with van der Waals surface area (Å²) in [4.78, 5) is 10.7. The van der Waals surface area contributed by atoms with E-state index in [0.29, 0.717) is 0 Å². The van der Waals surface area contributed by atoms with Crippen LogP contribution in [0.25, 0.3) is 110 Å². The number of hydrogen-bond acceptors (Lipinski definition) is 2. The molecule has 9 aromatic carbocycles. The number of benzene rings is 9. The number of rotatable bonds is 4. The largest absolute Gasteiger partial charge is 0.247 e. The van der Waals surface area contributed by atoms with Crippen molar-refractivity contribution >= 4 is 64.9 Å². The van der Waals surface area contributed by atoms with Crippen LogP contribution < -0.4 is 0 Å². The van der Waals surface area contributed by atoms with Crippen molar-refractivity contribution in [2.75, 3.05) is 0 Å². The first kappa shape index (κ1) is 30.5. The maximum Gasteiger partial charge on any atom is 0.0794 e. The summed E-state index contributed by atoms with van der Waals surface area (Å²) < 4.78 is 0. The molecule has 0 radical (unpaired) electrons. The molecule has 0 fully saturated rings. The number of nitrogens with zero attached hydrogens (tertiary/aromatic N) is 2. The van der Waals surface area contributed by atoms with Crippen LogP contribution in [0.3, 0.4) is 0 Å². The predicted octanol–water partition coefficient (Wildman–Crippen LogP) is 14.1. The Morgan fingerprint density at radius 3 is 1.11 bits per heavy atom. The van der Waals surface area contributed by atoms with Gasteiger partial charge in [-0.2, -0.15) is 0 Å². The average molecular weight is 685 g/mol. The molecule has 2 nitrogen and oxygen atoms in total. The zero-order valence-corrected chi connectivity index (χ0v) is 29.4. The molecule has 2 heteroatoms. The second-order valence-corrected chi connectivity index (χ2v) is 14.2. The minimum atomic E-state index is 0.966. The van der Waals surface area contributed by atoms with Crippen LogP contribution in [0.15, 0.2) is 194 Å². The van der Waals surface area contributed by atoms with Crippen LogP contribution in [-0.4, -0.2) is 9.97 Å². The van der Waals surface area contributed by atoms with Crippen LogP contribution in [0.4, 0.5) is 0 Å². The summed E-state index contributed by atoms with van der Waals surface area (Å²) >= 11 is 0. The summed E-state index contributed by atoms with van der Waals surface area (Å²) in [5.74, 6) is 0. The number of pyridine rings is 2. The molecular formula is C52H32N2. The molecular weight excluding hydrogens is 653 g/mol. The highest BCUT2D eigenvalue weighted by Crippen LogP contribution is 2.39. The van der Waals surface area contributed by atoms with E-state index in [1.165, 1.54) is 65.3 Å². The van der Waals surface area contributed by atoms with E-state index in [1.807, 2.05) is 0 Å². The Bertz CT molecular complexity index is 3040. The van der Waals surface area contributed by atoms with Gasteiger partial charge in [0.1, 0.15) is 0 Å². The fourth-order valence-electron chi connectivity index (χ4n) is 8.30. The van der Waals surface area contributed by atoms with E-state index in [0.717, 1.165) is 44.3 Å². The van der Waals surface area contributed by atoms with Crippen molar-refractivity contribution in [3.63, 3.8) is 0 Å². The van der Waals surface area contributed by atoms with Crippen molar-refractivity contribution < 1.29 is 0 Å². The lowest BCUT2D eigenvalue weighted by Gasteiger charge is -2.13. The molecule has 0 saturated heterocycles. The van der Waals surface area contributed by atoms with Gasteiger partial charge in [0.15, 0.2) is 0 Å². The van der Waals surface area contributed by atoms with Crippen molar-refractivity contribution in [2.45, 2.75) is 0 Å². The van der Waals surface area contributed by atoms with Crippen LogP contribution in [0.2, 0.25) is 0 Å². The molecule has 11 rings (SSSR count). The fraction of sp³-hybridized carbons (Fsp3) is 0. The molecule has 2 heterocycles. The Morgan fingerprint density at radius 2 is 0.630 bits per heavy atom. The molecule has 0 bridgehead atoms. The quantitative estimate of drug-likeness (QED) is 0.172. The molecule has 0 spiro atoms. The number of fused-ring (bicyclic) bond motifs is 6. The fourth-order valence-corrected chi connectivity index (χ4v) is 8.30. The van der Waals surface area contributed by atoms with Gasteiger partial charge in [0.25, 0.3) is 0 Å². The summed E-state index contributed by atoms with van der Waals surface area (Å²) in [6.07, 6.45) is 0. The monoisotopic (exact) mass is 684 g/mol. The molecule has 250 valence electrons. The second-order valence-electron chi connectivity index (χ2n) is 14.2. The smallest absolute Gasteiger partial charge is 0.0794 e. The lowest BCUT2D eigenvalue weighted by Crippen LogP contribution is -1.91. The molecule has 11 aromatic rings. The van der Waals surface area contributed by atoms with Gasteiger partial charge in [0.2, 0.25) is 0 Å². The molecule has 0 N–H and O–H groups in total. The van der Waals surface area contributed by atoms with E-state index >= 15 is 0 Å². The van der Waals surface area contributed by atoms with Crippen molar-refractivity contribution in [1.29, 1.82) is 0 Å². The lowest BCUT2D eigenvalue weighted by molar-refractivity contribution is 1.41. The molecule has 0 amide bonds. The third-order valence-electron chi connectivity index (χ3n) is 10.9. The Balaban J connectivity index is 1.03. The zero-order valence-electron chi connectivity index (χ0n) is 29.4. The molecule has 0 aliphatic carbocycles. The first-order valence-electron chi connectivity index (χ1n) is 18.5. The van der Waals surface area contributed by atoms with Gasteiger partial charge in [-0.3, -0.25) is 0 Å². The average Bonchev–Trinajstić information content (AvgIpc) is 3.23. The maximum absolute atomic E-state index is 5.36. The SMILES string of the molecule is c1ccc(-c2c3ccccc3cc3ccc(-c4ccc5cc6ccc(-c7ccc8cc9ccccc9c(-c9ccccc9)c8n7)cc6cc5c4)nc23)cc1. The molecule has 0 aliphatic heterocycles. The maximum atomic E-state index is 5.36. The first-order valence-corrected chi connectivity index (χ1v) is 18.5. The van der Waals surface area contributed by atoms with E-state index in [2.05, 4.69) is 194 Å². The van der Waals surface area contributed by atoms with Gasteiger partial charge in [-0.05, 0) is 103 Å². The van der Waals surface area contributed by atoms with Gasteiger partial charge < -0.3 is 0 Å². The summed E-state index contributed by atoms with van der Waals surface area (Å²) in [6, 6.07) is 69.8. The van der Waals surface area contributed by atoms with Gasteiger partial charge in [0.05, 0.1) is 22.4 Å². The van der Waals surface area contributed by atoms with E-state index in [-0.39, 0.29) is 0 Å². The Labute approximate surface area is 312 Å². The van der Waals surface area contributed by atoms with Gasteiger partial charge in [-0.25, -0.2) is 9.97 Å². The lowest BCUT2D eigenvalue weighted by atomic mass is 9.94. The van der Waals surface area contributed by atoms with Crippen LogP contribution in [0.1, 0.15) is 0 Å². The molecule has 2 aromatic heterocycles. The molecule has 54 heavy (non-hydrogen) atoms. The zero-order chi connectivity index (χ0) is 35.6. The van der Waals surface area contributed by atoms with Crippen LogP contribution in [0, 0.1) is 0 Å². The minimum absolute atomic E-state index is 0.966. The highest BCUT2D eigenvalue weighted by molar-refractivity contribution is 6.13. The first-order chi connectivity index (χ1) is 26.7.